The van der Waals surface area contributed by atoms with Crippen LogP contribution in [-0.2, 0) is 4.74 Å². The number of nitrogens with one attached hydrogen (secondary N) is 1. The molecule has 5 rings (SSSR count). The van der Waals surface area contributed by atoms with E-state index in [4.69, 9.17) is 4.74 Å². The monoisotopic (exact) mass is 322 g/mol. The van der Waals surface area contributed by atoms with E-state index in [1.807, 2.05) is 18.6 Å². The van der Waals surface area contributed by atoms with E-state index in [1.54, 1.807) is 0 Å². The lowest BCUT2D eigenvalue weighted by Crippen LogP contribution is -2.40. The Morgan fingerprint density at radius 3 is 3.08 bits per heavy atom. The Labute approximate surface area is 141 Å². The lowest BCUT2D eigenvalue weighted by Gasteiger charge is -2.35. The predicted octanol–water partition coefficient (Wildman–Crippen LogP) is 3.51. The van der Waals surface area contributed by atoms with E-state index in [9.17, 15) is 0 Å². The Kier molecular flexibility index (Phi) is 3.40. The topological polar surface area (TPSA) is 54.0 Å². The molecule has 1 aliphatic carbocycles. The highest BCUT2D eigenvalue weighted by atomic mass is 16.5. The number of ether oxygens (including phenoxy) is 1. The summed E-state index contributed by atoms with van der Waals surface area (Å²) in [6.07, 6.45) is 11.1. The zero-order valence-corrected chi connectivity index (χ0v) is 13.7. The van der Waals surface area contributed by atoms with Crippen LogP contribution in [0.1, 0.15) is 25.7 Å². The molecule has 24 heavy (non-hydrogen) atoms. The van der Waals surface area contributed by atoms with Crippen LogP contribution < -0.4 is 4.90 Å². The number of H-pyrrole nitrogens is 1. The van der Waals surface area contributed by atoms with E-state index in [1.165, 1.54) is 36.8 Å². The zero-order valence-electron chi connectivity index (χ0n) is 13.7. The molecule has 0 bridgehead atoms. The Hall–Kier alpha value is -2.14. The summed E-state index contributed by atoms with van der Waals surface area (Å²) in [5, 5.41) is 2.35. The Morgan fingerprint density at radius 1 is 1.21 bits per heavy atom. The van der Waals surface area contributed by atoms with Gasteiger partial charge in [0.25, 0.3) is 0 Å². The molecule has 5 heteroatoms. The fourth-order valence-electron chi connectivity index (χ4n) is 3.75. The first-order chi connectivity index (χ1) is 11.9. The summed E-state index contributed by atoms with van der Waals surface area (Å²) >= 11 is 0. The van der Waals surface area contributed by atoms with Crippen molar-refractivity contribution in [1.82, 2.24) is 15.0 Å². The Bertz CT molecular complexity index is 870. The third-order valence-corrected chi connectivity index (χ3v) is 5.25. The number of fused-ring (bicyclic) bond motifs is 3. The minimum Gasteiger partial charge on any atom is -0.376 e. The van der Waals surface area contributed by atoms with Gasteiger partial charge in [0, 0.05) is 48.5 Å². The molecule has 0 amide bonds. The molecule has 0 radical (unpaired) electrons. The van der Waals surface area contributed by atoms with E-state index in [0.29, 0.717) is 6.10 Å². The van der Waals surface area contributed by atoms with Crippen LogP contribution in [-0.4, -0.2) is 40.8 Å². The summed E-state index contributed by atoms with van der Waals surface area (Å²) in [6.45, 7) is 3.00. The normalized spacial score (nSPS) is 21.7. The summed E-state index contributed by atoms with van der Waals surface area (Å²) in [5.74, 6) is 0.827. The van der Waals surface area contributed by atoms with Crippen molar-refractivity contribution in [1.29, 1.82) is 0 Å². The first-order valence-electron chi connectivity index (χ1n) is 8.96. The number of hydrogen-bond acceptors (Lipinski definition) is 4. The summed E-state index contributed by atoms with van der Waals surface area (Å²) in [5.41, 5.74) is 3.14. The highest BCUT2D eigenvalue weighted by molar-refractivity contribution is 6.09. The van der Waals surface area contributed by atoms with Crippen LogP contribution in [0.5, 0.6) is 0 Å². The highest BCUT2D eigenvalue weighted by Crippen LogP contribution is 2.34. The maximum Gasteiger partial charge on any atom is 0.138 e. The van der Waals surface area contributed by atoms with Crippen LogP contribution in [0.15, 0.2) is 30.7 Å². The molecule has 124 valence electrons. The molecule has 1 unspecified atom stereocenters. The SMILES string of the molecule is c1cc(N2CCCC(OCC3CC3)C2)c2c(cnc3[nH]ccc32)n1. The van der Waals surface area contributed by atoms with Gasteiger partial charge in [-0.3, -0.25) is 4.98 Å². The molecule has 2 fully saturated rings. The molecule has 4 heterocycles. The number of aromatic amines is 1. The van der Waals surface area contributed by atoms with Crippen molar-refractivity contribution in [3.8, 4) is 0 Å². The van der Waals surface area contributed by atoms with E-state index >= 15 is 0 Å². The van der Waals surface area contributed by atoms with Crippen LogP contribution in [0.4, 0.5) is 5.69 Å². The van der Waals surface area contributed by atoms with E-state index in [2.05, 4.69) is 32.0 Å². The van der Waals surface area contributed by atoms with E-state index in [-0.39, 0.29) is 0 Å². The largest absolute Gasteiger partial charge is 0.376 e. The smallest absolute Gasteiger partial charge is 0.138 e. The first-order valence-corrected chi connectivity index (χ1v) is 8.96. The number of aromatic nitrogens is 3. The molecule has 3 aromatic heterocycles. The van der Waals surface area contributed by atoms with Crippen LogP contribution in [0, 0.1) is 5.92 Å². The molecule has 3 aromatic rings. The minimum atomic E-state index is 0.353. The molecular weight excluding hydrogens is 300 g/mol. The molecule has 1 aliphatic heterocycles. The fraction of sp³-hybridized carbons (Fsp3) is 0.474. The second-order valence-corrected chi connectivity index (χ2v) is 7.08. The third-order valence-electron chi connectivity index (χ3n) is 5.25. The van der Waals surface area contributed by atoms with Gasteiger partial charge >= 0.3 is 0 Å². The number of rotatable bonds is 4. The molecule has 1 N–H and O–H groups in total. The van der Waals surface area contributed by atoms with Crippen LogP contribution in [0.3, 0.4) is 0 Å². The third kappa shape index (κ3) is 2.53. The summed E-state index contributed by atoms with van der Waals surface area (Å²) < 4.78 is 6.17. The van der Waals surface area contributed by atoms with E-state index in [0.717, 1.165) is 42.2 Å². The first kappa shape index (κ1) is 14.2. The quantitative estimate of drug-likeness (QED) is 0.798. The molecule has 2 aliphatic rings. The summed E-state index contributed by atoms with van der Waals surface area (Å²) in [7, 11) is 0. The molecule has 0 aromatic carbocycles. The van der Waals surface area contributed by atoms with Gasteiger partial charge in [0.15, 0.2) is 0 Å². The van der Waals surface area contributed by atoms with Crippen LogP contribution in [0.2, 0.25) is 0 Å². The predicted molar refractivity (Wildman–Crippen MR) is 95.3 cm³/mol. The van der Waals surface area contributed by atoms with Crippen molar-refractivity contribution in [2.24, 2.45) is 5.92 Å². The average molecular weight is 322 g/mol. The van der Waals surface area contributed by atoms with Gasteiger partial charge in [-0.1, -0.05) is 0 Å². The van der Waals surface area contributed by atoms with Gasteiger partial charge in [-0.05, 0) is 43.7 Å². The van der Waals surface area contributed by atoms with Gasteiger partial charge in [-0.25, -0.2) is 4.98 Å². The Balaban J connectivity index is 1.49. The van der Waals surface area contributed by atoms with Crippen LogP contribution in [0.25, 0.3) is 21.9 Å². The molecule has 1 saturated heterocycles. The van der Waals surface area contributed by atoms with Crippen molar-refractivity contribution in [2.75, 3.05) is 24.6 Å². The lowest BCUT2D eigenvalue weighted by molar-refractivity contribution is 0.0369. The van der Waals surface area contributed by atoms with Gasteiger partial charge < -0.3 is 14.6 Å². The molecule has 5 nitrogen and oxygen atoms in total. The van der Waals surface area contributed by atoms with Crippen molar-refractivity contribution in [2.45, 2.75) is 31.8 Å². The zero-order chi connectivity index (χ0) is 15.9. The van der Waals surface area contributed by atoms with Crippen molar-refractivity contribution < 1.29 is 4.74 Å². The van der Waals surface area contributed by atoms with Gasteiger partial charge in [-0.2, -0.15) is 0 Å². The number of nitrogens with zero attached hydrogens (tertiary/aromatic N) is 3. The standard InChI is InChI=1S/C19H22N4O/c1-2-14(24-12-13-3-4-13)11-23(9-1)17-6-8-20-16-10-22-19-15(18(16)17)5-7-21-19/h5-8,10,13-14H,1-4,9,11-12H2,(H,21,22). The van der Waals surface area contributed by atoms with E-state index < -0.39 is 0 Å². The van der Waals surface area contributed by atoms with Crippen molar-refractivity contribution >= 4 is 27.6 Å². The molecule has 0 spiro atoms. The van der Waals surface area contributed by atoms with Crippen LogP contribution >= 0.6 is 0 Å². The summed E-state index contributed by atoms with van der Waals surface area (Å²) in [4.78, 5) is 14.7. The highest BCUT2D eigenvalue weighted by Gasteiger charge is 2.26. The number of hydrogen-bond donors (Lipinski definition) is 1. The number of piperidine rings is 1. The Morgan fingerprint density at radius 2 is 2.17 bits per heavy atom. The van der Waals surface area contributed by atoms with Gasteiger partial charge in [0.1, 0.15) is 5.65 Å². The summed E-state index contributed by atoms with van der Waals surface area (Å²) in [6, 6.07) is 4.24. The maximum atomic E-state index is 6.17. The molecule has 1 atom stereocenters. The number of anilines is 1. The van der Waals surface area contributed by atoms with Crippen molar-refractivity contribution in [3.05, 3.63) is 30.7 Å². The fourth-order valence-corrected chi connectivity index (χ4v) is 3.75. The molecular formula is C19H22N4O. The van der Waals surface area contributed by atoms with Crippen molar-refractivity contribution in [3.63, 3.8) is 0 Å². The van der Waals surface area contributed by atoms with Gasteiger partial charge in [0.2, 0.25) is 0 Å². The lowest BCUT2D eigenvalue weighted by atomic mass is 10.1. The number of pyridine rings is 2. The average Bonchev–Trinajstić information content (AvgIpc) is 3.34. The second-order valence-electron chi connectivity index (χ2n) is 7.08. The molecule has 1 saturated carbocycles. The van der Waals surface area contributed by atoms with Gasteiger partial charge in [0.05, 0.1) is 17.8 Å². The van der Waals surface area contributed by atoms with Gasteiger partial charge in [-0.15, -0.1) is 0 Å². The second kappa shape index (κ2) is 5.74. The maximum absolute atomic E-state index is 6.17. The minimum absolute atomic E-state index is 0.353.